The number of anilines is 2. The molecule has 1 heterocycles. The van der Waals surface area contributed by atoms with Crippen molar-refractivity contribution in [2.45, 2.75) is 38.9 Å². The summed E-state index contributed by atoms with van der Waals surface area (Å²) in [7, 11) is 0. The number of rotatable bonds is 8. The minimum Gasteiger partial charge on any atom is -0.370 e. The van der Waals surface area contributed by atoms with Crippen molar-refractivity contribution in [2.24, 2.45) is 0 Å². The number of hydrogen-bond acceptors (Lipinski definition) is 4. The maximum atomic E-state index is 12.9. The van der Waals surface area contributed by atoms with Gasteiger partial charge in [0.2, 0.25) is 0 Å². The number of halogens is 3. The van der Waals surface area contributed by atoms with Gasteiger partial charge in [0.1, 0.15) is 11.6 Å². The number of aromatic nitrogens is 1. The Kier molecular flexibility index (Phi) is 7.14. The molecule has 1 atom stereocenters. The molecule has 0 amide bonds. The number of nitrogens with one attached hydrogen (secondary N) is 2. The fourth-order valence-electron chi connectivity index (χ4n) is 1.73. The molecule has 2 N–H and O–H groups in total. The first-order chi connectivity index (χ1) is 9.86. The van der Waals surface area contributed by atoms with Crippen LogP contribution in [0.2, 0.25) is 0 Å². The van der Waals surface area contributed by atoms with Crippen molar-refractivity contribution in [3.8, 4) is 0 Å². The van der Waals surface area contributed by atoms with Crippen LogP contribution in [0.5, 0.6) is 0 Å². The van der Waals surface area contributed by atoms with E-state index in [4.69, 9.17) is 0 Å². The molecule has 120 valence electrons. The third kappa shape index (κ3) is 6.46. The van der Waals surface area contributed by atoms with Crippen LogP contribution in [-0.4, -0.2) is 29.6 Å². The molecule has 0 saturated heterocycles. The summed E-state index contributed by atoms with van der Waals surface area (Å²) in [5.74, 6) is 1.47. The van der Waals surface area contributed by atoms with E-state index in [0.717, 1.165) is 30.7 Å². The van der Waals surface area contributed by atoms with Gasteiger partial charge in [-0.3, -0.25) is 0 Å². The Morgan fingerprint density at radius 3 is 2.52 bits per heavy atom. The number of alkyl halides is 3. The SMILES string of the molecule is CCCNc1cc(C(F)(F)F)cc(NC(C)CCSC)n1. The van der Waals surface area contributed by atoms with Gasteiger partial charge < -0.3 is 10.6 Å². The van der Waals surface area contributed by atoms with Gasteiger partial charge >= 0.3 is 6.18 Å². The molecule has 1 aromatic heterocycles. The van der Waals surface area contributed by atoms with Gasteiger partial charge in [0, 0.05) is 12.6 Å². The lowest BCUT2D eigenvalue weighted by Crippen LogP contribution is -2.18. The highest BCUT2D eigenvalue weighted by atomic mass is 32.2. The van der Waals surface area contributed by atoms with Crippen LogP contribution in [0.1, 0.15) is 32.3 Å². The van der Waals surface area contributed by atoms with Crippen LogP contribution in [-0.2, 0) is 6.18 Å². The van der Waals surface area contributed by atoms with E-state index < -0.39 is 11.7 Å². The van der Waals surface area contributed by atoms with Crippen LogP contribution in [0, 0.1) is 0 Å². The van der Waals surface area contributed by atoms with Crippen LogP contribution >= 0.6 is 11.8 Å². The third-order valence-electron chi connectivity index (χ3n) is 2.86. The standard InChI is InChI=1S/C14H22F3N3S/c1-4-6-18-12-8-11(14(15,16)17)9-13(20-12)19-10(2)5-7-21-3/h8-10H,4-7H2,1-3H3,(H2,18,19,20). The van der Waals surface area contributed by atoms with Gasteiger partial charge in [0.15, 0.2) is 0 Å². The lowest BCUT2D eigenvalue weighted by Gasteiger charge is -2.17. The van der Waals surface area contributed by atoms with E-state index in [2.05, 4.69) is 15.6 Å². The highest BCUT2D eigenvalue weighted by molar-refractivity contribution is 7.98. The zero-order valence-corrected chi connectivity index (χ0v) is 13.4. The Bertz CT molecular complexity index is 438. The highest BCUT2D eigenvalue weighted by Gasteiger charge is 2.31. The van der Waals surface area contributed by atoms with E-state index in [1.165, 1.54) is 0 Å². The Morgan fingerprint density at radius 2 is 1.95 bits per heavy atom. The average molecular weight is 321 g/mol. The molecule has 0 spiro atoms. The summed E-state index contributed by atoms with van der Waals surface area (Å²) in [6.45, 7) is 4.48. The molecule has 1 unspecified atom stereocenters. The smallest absolute Gasteiger partial charge is 0.370 e. The van der Waals surface area contributed by atoms with Crippen LogP contribution in [0.25, 0.3) is 0 Å². The molecule has 0 fully saturated rings. The Morgan fingerprint density at radius 1 is 1.29 bits per heavy atom. The second-order valence-corrected chi connectivity index (χ2v) is 5.86. The second kappa shape index (κ2) is 8.36. The zero-order valence-electron chi connectivity index (χ0n) is 12.5. The monoisotopic (exact) mass is 321 g/mol. The second-order valence-electron chi connectivity index (χ2n) is 4.88. The van der Waals surface area contributed by atoms with Gasteiger partial charge in [0.05, 0.1) is 5.56 Å². The van der Waals surface area contributed by atoms with E-state index in [1.807, 2.05) is 20.1 Å². The predicted molar refractivity (Wildman–Crippen MR) is 84.1 cm³/mol. The first-order valence-corrected chi connectivity index (χ1v) is 8.34. The van der Waals surface area contributed by atoms with Crippen LogP contribution in [0.4, 0.5) is 24.8 Å². The van der Waals surface area contributed by atoms with Gasteiger partial charge in [-0.2, -0.15) is 24.9 Å². The molecule has 0 radical (unpaired) electrons. The van der Waals surface area contributed by atoms with E-state index in [0.29, 0.717) is 6.54 Å². The predicted octanol–water partition coefficient (Wildman–Crippen LogP) is 4.48. The van der Waals surface area contributed by atoms with E-state index in [1.54, 1.807) is 11.8 Å². The number of pyridine rings is 1. The van der Waals surface area contributed by atoms with Gasteiger partial charge in [-0.25, -0.2) is 4.98 Å². The largest absolute Gasteiger partial charge is 0.416 e. The molecular formula is C14H22F3N3S. The van der Waals surface area contributed by atoms with E-state index in [9.17, 15) is 13.2 Å². The molecule has 21 heavy (non-hydrogen) atoms. The summed E-state index contributed by atoms with van der Waals surface area (Å²) in [4.78, 5) is 4.20. The van der Waals surface area contributed by atoms with Gasteiger partial charge in [-0.15, -0.1) is 0 Å². The maximum absolute atomic E-state index is 12.9. The third-order valence-corrected chi connectivity index (χ3v) is 3.50. The van der Waals surface area contributed by atoms with Crippen LogP contribution in [0.15, 0.2) is 12.1 Å². The number of nitrogens with zero attached hydrogens (tertiary/aromatic N) is 1. The highest BCUT2D eigenvalue weighted by Crippen LogP contribution is 2.32. The maximum Gasteiger partial charge on any atom is 0.416 e. The van der Waals surface area contributed by atoms with Crippen molar-refractivity contribution in [3.63, 3.8) is 0 Å². The van der Waals surface area contributed by atoms with Crippen molar-refractivity contribution < 1.29 is 13.2 Å². The van der Waals surface area contributed by atoms with Gasteiger partial charge in [-0.05, 0) is 43.9 Å². The average Bonchev–Trinajstić information content (AvgIpc) is 2.41. The quantitative estimate of drug-likeness (QED) is 0.740. The zero-order chi connectivity index (χ0) is 15.9. The van der Waals surface area contributed by atoms with E-state index >= 15 is 0 Å². The summed E-state index contributed by atoms with van der Waals surface area (Å²) in [6, 6.07) is 2.19. The fourth-order valence-corrected chi connectivity index (χ4v) is 2.32. The van der Waals surface area contributed by atoms with Gasteiger partial charge in [0.25, 0.3) is 0 Å². The molecule has 1 aromatic rings. The minimum atomic E-state index is -4.37. The van der Waals surface area contributed by atoms with Gasteiger partial charge in [-0.1, -0.05) is 6.92 Å². The van der Waals surface area contributed by atoms with Crippen LogP contribution in [0.3, 0.4) is 0 Å². The molecule has 3 nitrogen and oxygen atoms in total. The van der Waals surface area contributed by atoms with Crippen molar-refractivity contribution >= 4 is 23.4 Å². The first-order valence-electron chi connectivity index (χ1n) is 6.95. The molecule has 0 aliphatic carbocycles. The lowest BCUT2D eigenvalue weighted by molar-refractivity contribution is -0.137. The number of hydrogen-bond donors (Lipinski definition) is 2. The van der Waals surface area contributed by atoms with Crippen molar-refractivity contribution in [3.05, 3.63) is 17.7 Å². The Balaban J connectivity index is 2.90. The lowest BCUT2D eigenvalue weighted by atomic mass is 10.2. The Labute approximate surface area is 128 Å². The summed E-state index contributed by atoms with van der Waals surface area (Å²) in [5.41, 5.74) is -0.685. The summed E-state index contributed by atoms with van der Waals surface area (Å²) in [6.07, 6.45) is -0.672. The normalized spacial score (nSPS) is 13.0. The number of thioether (sulfide) groups is 1. The molecule has 0 aliphatic heterocycles. The molecule has 1 rings (SSSR count). The first kappa shape index (κ1) is 17.9. The topological polar surface area (TPSA) is 37.0 Å². The van der Waals surface area contributed by atoms with Crippen LogP contribution < -0.4 is 10.6 Å². The molecule has 0 aliphatic rings. The minimum absolute atomic E-state index is 0.0764. The molecule has 0 bridgehead atoms. The fraction of sp³-hybridized carbons (Fsp3) is 0.643. The summed E-state index contributed by atoms with van der Waals surface area (Å²) in [5, 5.41) is 5.95. The summed E-state index contributed by atoms with van der Waals surface area (Å²) < 4.78 is 38.8. The molecule has 0 saturated carbocycles. The molecular weight excluding hydrogens is 299 g/mol. The summed E-state index contributed by atoms with van der Waals surface area (Å²) >= 11 is 1.71. The van der Waals surface area contributed by atoms with Crippen molar-refractivity contribution in [1.82, 2.24) is 4.98 Å². The van der Waals surface area contributed by atoms with Crippen molar-refractivity contribution in [2.75, 3.05) is 29.2 Å². The Hall–Kier alpha value is -1.11. The van der Waals surface area contributed by atoms with Crippen molar-refractivity contribution in [1.29, 1.82) is 0 Å². The van der Waals surface area contributed by atoms with E-state index in [-0.39, 0.29) is 17.7 Å². The molecule has 0 aromatic carbocycles. The molecule has 7 heteroatoms.